The van der Waals surface area contributed by atoms with E-state index in [-0.39, 0.29) is 18.3 Å². The van der Waals surface area contributed by atoms with Gasteiger partial charge < -0.3 is 29.4 Å². The minimum absolute atomic E-state index is 0.134. The molecule has 9 nitrogen and oxygen atoms in total. The Morgan fingerprint density at radius 3 is 2.02 bits per heavy atom. The minimum atomic E-state index is -3.57. The van der Waals surface area contributed by atoms with Crippen LogP contribution in [0.4, 0.5) is 0 Å². The van der Waals surface area contributed by atoms with Crippen LogP contribution < -0.4 is 10.9 Å². The van der Waals surface area contributed by atoms with Crippen molar-refractivity contribution in [2.75, 3.05) is 32.5 Å². The zero-order chi connectivity index (χ0) is 29.4. The van der Waals surface area contributed by atoms with Gasteiger partial charge in [-0.3, -0.25) is 9.36 Å². The lowest BCUT2D eigenvalue weighted by molar-refractivity contribution is -0.670. The quantitative estimate of drug-likeness (QED) is 0.0647. The second-order valence-corrected chi connectivity index (χ2v) is 13.3. The van der Waals surface area contributed by atoms with E-state index in [0.717, 1.165) is 18.6 Å². The third kappa shape index (κ3) is 17.3. The van der Waals surface area contributed by atoms with Crippen molar-refractivity contribution in [3.63, 3.8) is 0 Å². The number of unbranched alkanes of at least 4 members (excludes halogenated alkanes) is 15. The first-order valence-corrected chi connectivity index (χ1v) is 18.2. The highest BCUT2D eigenvalue weighted by atomic mass is 31.2. The molecule has 0 radical (unpaired) electrons. The molecule has 0 saturated carbocycles. The molecule has 236 valence electrons. The van der Waals surface area contributed by atoms with Gasteiger partial charge in [0.1, 0.15) is 17.6 Å². The van der Waals surface area contributed by atoms with Gasteiger partial charge in [-0.2, -0.15) is 0 Å². The lowest BCUT2D eigenvalue weighted by Crippen LogP contribution is -2.82. The number of nitrogens with two attached hydrogens (primary N) is 1. The molecule has 2 aromatic rings. The Balaban J connectivity index is 1.30. The van der Waals surface area contributed by atoms with Crippen molar-refractivity contribution < 1.29 is 24.0 Å². The van der Waals surface area contributed by atoms with Crippen LogP contribution in [0.1, 0.15) is 128 Å². The number of fused-ring (bicyclic) bond motifs is 1. The van der Waals surface area contributed by atoms with Gasteiger partial charge in [0.25, 0.3) is 5.56 Å². The average molecular weight is 598 g/mol. The number of hydrogen-bond acceptors (Lipinski definition) is 5. The smallest absolute Gasteiger partial charge is 0.328 e. The van der Waals surface area contributed by atoms with Crippen molar-refractivity contribution in [1.82, 2.24) is 15.0 Å². The molecule has 0 aliphatic rings. The van der Waals surface area contributed by atoms with Gasteiger partial charge in [-0.25, -0.2) is 4.98 Å². The Kier molecular flexibility index (Phi) is 20.0. The van der Waals surface area contributed by atoms with E-state index in [9.17, 15) is 14.3 Å². The maximum Gasteiger partial charge on any atom is 0.328 e. The Bertz CT molecular complexity index is 1010. The first-order chi connectivity index (χ1) is 20.0. The molecule has 0 spiro atoms. The number of aromatic amines is 2. The summed E-state index contributed by atoms with van der Waals surface area (Å²) in [6.07, 6.45) is 26.3. The Hall–Kier alpha value is -1.51. The van der Waals surface area contributed by atoms with Crippen LogP contribution in [0.15, 0.2) is 17.3 Å². The summed E-state index contributed by atoms with van der Waals surface area (Å²) in [6.45, 7) is 5.17. The molecule has 0 aliphatic carbocycles. The zero-order valence-electron chi connectivity index (χ0n) is 25.7. The summed E-state index contributed by atoms with van der Waals surface area (Å²) in [4.78, 5) is 31.5. The normalized spacial score (nSPS) is 13.2. The van der Waals surface area contributed by atoms with E-state index in [2.05, 4.69) is 21.9 Å². The second kappa shape index (κ2) is 23.0. The summed E-state index contributed by atoms with van der Waals surface area (Å²) in [7, 11) is -3.57. The largest absolute Gasteiger partial charge is 0.381 e. The maximum absolute atomic E-state index is 12.2. The lowest BCUT2D eigenvalue weighted by Gasteiger charge is -2.12. The summed E-state index contributed by atoms with van der Waals surface area (Å²) >= 11 is 0. The number of ether oxygens (including phenoxy) is 1. The fourth-order valence-electron chi connectivity index (χ4n) is 5.14. The molecule has 0 saturated heterocycles. The van der Waals surface area contributed by atoms with Gasteiger partial charge in [-0.15, -0.1) is 0 Å². The SMILES string of the molecule is CCCCCCCCCCCCCCCCCCOCCCOP(=O)(O)CCC[NH2+]Cc1c[nH]c2c(=O)[nH]cnc12. The molecular formula is C31H58N4O5P+. The van der Waals surface area contributed by atoms with Crippen LogP contribution in [-0.4, -0.2) is 52.4 Å². The molecule has 41 heavy (non-hydrogen) atoms. The predicted molar refractivity (Wildman–Crippen MR) is 167 cm³/mol. The molecule has 2 rings (SSSR count). The highest BCUT2D eigenvalue weighted by molar-refractivity contribution is 7.52. The van der Waals surface area contributed by atoms with Crippen LogP contribution in [0.5, 0.6) is 0 Å². The summed E-state index contributed by atoms with van der Waals surface area (Å²) < 4.78 is 23.2. The summed E-state index contributed by atoms with van der Waals surface area (Å²) in [5, 5.41) is 2.04. The van der Waals surface area contributed by atoms with E-state index in [1.807, 2.05) is 5.32 Å². The molecule has 2 heterocycles. The van der Waals surface area contributed by atoms with Gasteiger partial charge in [0.05, 0.1) is 31.2 Å². The van der Waals surface area contributed by atoms with E-state index < -0.39 is 7.60 Å². The first kappa shape index (κ1) is 35.7. The number of rotatable bonds is 28. The van der Waals surface area contributed by atoms with Gasteiger partial charge in [0.2, 0.25) is 0 Å². The third-order valence-electron chi connectivity index (χ3n) is 7.63. The number of quaternary nitrogens is 1. The van der Waals surface area contributed by atoms with Crippen LogP contribution in [-0.2, 0) is 20.4 Å². The number of nitrogens with zero attached hydrogens (tertiary/aromatic N) is 1. The molecule has 1 atom stereocenters. The van der Waals surface area contributed by atoms with E-state index in [4.69, 9.17) is 9.26 Å². The standard InChI is InChI=1S/C31H57N4O5P/c1-2-3-4-5-6-7-8-9-10-11-12-13-14-15-16-17-21-39-22-19-23-40-41(37,38)24-18-20-32-25-28-26-33-30-29(28)34-27-35-31(30)36/h26-27,32-33H,2-25H2,1H3,(H,37,38)(H,34,35,36)/p+1. The number of hydrogen-bond donors (Lipinski definition) is 4. The van der Waals surface area contributed by atoms with Crippen molar-refractivity contribution in [2.24, 2.45) is 0 Å². The molecule has 2 aromatic heterocycles. The fourth-order valence-corrected chi connectivity index (χ4v) is 6.27. The van der Waals surface area contributed by atoms with Crippen LogP contribution in [0.25, 0.3) is 11.0 Å². The summed E-state index contributed by atoms with van der Waals surface area (Å²) in [6, 6.07) is 0. The molecule has 0 amide bonds. The molecule has 10 heteroatoms. The molecule has 0 aromatic carbocycles. The van der Waals surface area contributed by atoms with Crippen molar-refractivity contribution in [3.05, 3.63) is 28.4 Å². The second-order valence-electron chi connectivity index (χ2n) is 11.4. The Morgan fingerprint density at radius 2 is 1.39 bits per heavy atom. The van der Waals surface area contributed by atoms with Crippen LogP contribution in [0, 0.1) is 0 Å². The van der Waals surface area contributed by atoms with E-state index in [1.165, 1.54) is 103 Å². The molecular weight excluding hydrogens is 539 g/mol. The van der Waals surface area contributed by atoms with Gasteiger partial charge in [0, 0.05) is 25.8 Å². The minimum Gasteiger partial charge on any atom is -0.381 e. The molecule has 5 N–H and O–H groups in total. The zero-order valence-corrected chi connectivity index (χ0v) is 26.6. The molecule has 0 aliphatic heterocycles. The average Bonchev–Trinajstić information content (AvgIpc) is 3.38. The van der Waals surface area contributed by atoms with Gasteiger partial charge in [-0.05, 0) is 12.8 Å². The predicted octanol–water partition coefficient (Wildman–Crippen LogP) is 6.57. The summed E-state index contributed by atoms with van der Waals surface area (Å²) in [5.41, 5.74) is 1.88. The van der Waals surface area contributed by atoms with Crippen LogP contribution in [0.2, 0.25) is 0 Å². The topological polar surface area (TPSA) is 134 Å². The van der Waals surface area contributed by atoms with E-state index in [1.54, 1.807) is 6.20 Å². The van der Waals surface area contributed by atoms with E-state index in [0.29, 0.717) is 43.6 Å². The van der Waals surface area contributed by atoms with Crippen LogP contribution >= 0.6 is 7.60 Å². The van der Waals surface area contributed by atoms with Gasteiger partial charge >= 0.3 is 7.60 Å². The molecule has 0 fully saturated rings. The molecule has 0 bridgehead atoms. The Morgan fingerprint density at radius 1 is 0.805 bits per heavy atom. The number of aromatic nitrogens is 3. The maximum atomic E-state index is 12.2. The number of nitrogens with one attached hydrogen (secondary N) is 2. The monoisotopic (exact) mass is 597 g/mol. The number of H-pyrrole nitrogens is 2. The van der Waals surface area contributed by atoms with E-state index >= 15 is 0 Å². The molecule has 1 unspecified atom stereocenters. The van der Waals surface area contributed by atoms with Crippen LogP contribution in [0.3, 0.4) is 0 Å². The summed E-state index contributed by atoms with van der Waals surface area (Å²) in [5.74, 6) is 0. The lowest BCUT2D eigenvalue weighted by atomic mass is 10.0. The highest BCUT2D eigenvalue weighted by Gasteiger charge is 2.19. The van der Waals surface area contributed by atoms with Crippen molar-refractivity contribution in [1.29, 1.82) is 0 Å². The first-order valence-electron chi connectivity index (χ1n) is 16.4. The van der Waals surface area contributed by atoms with Crippen molar-refractivity contribution in [2.45, 2.75) is 129 Å². The van der Waals surface area contributed by atoms with Crippen molar-refractivity contribution in [3.8, 4) is 0 Å². The highest BCUT2D eigenvalue weighted by Crippen LogP contribution is 2.42. The van der Waals surface area contributed by atoms with Gasteiger partial charge in [-0.1, -0.05) is 103 Å². The van der Waals surface area contributed by atoms with Gasteiger partial charge in [0.15, 0.2) is 0 Å². The Labute approximate surface area is 247 Å². The third-order valence-corrected chi connectivity index (χ3v) is 9.10. The van der Waals surface area contributed by atoms with Crippen molar-refractivity contribution >= 4 is 18.6 Å². The fraction of sp³-hybridized carbons (Fsp3) is 0.806.